The molecule has 0 aromatic heterocycles. The Morgan fingerprint density at radius 3 is 2.69 bits per heavy atom. The molecule has 1 aromatic carbocycles. The zero-order chi connectivity index (χ0) is 11.2. The van der Waals surface area contributed by atoms with Crippen molar-refractivity contribution in [2.45, 2.75) is 31.8 Å². The van der Waals surface area contributed by atoms with Gasteiger partial charge in [0.25, 0.3) is 0 Å². The van der Waals surface area contributed by atoms with Crippen molar-refractivity contribution in [2.24, 2.45) is 5.92 Å². The van der Waals surface area contributed by atoms with Gasteiger partial charge in [0.1, 0.15) is 0 Å². The van der Waals surface area contributed by atoms with Crippen molar-refractivity contribution < 1.29 is 4.74 Å². The Hall–Kier alpha value is -0.390. The molecule has 1 aliphatic carbocycles. The number of rotatable bonds is 4. The van der Waals surface area contributed by atoms with Crippen molar-refractivity contribution in [2.75, 3.05) is 13.3 Å². The fourth-order valence-electron chi connectivity index (χ4n) is 2.52. The maximum absolute atomic E-state index is 5.60. The van der Waals surface area contributed by atoms with E-state index in [-0.39, 0.29) is 0 Å². The minimum atomic E-state index is 0.518. The highest BCUT2D eigenvalue weighted by atomic mass is 31.1. The van der Waals surface area contributed by atoms with Crippen molar-refractivity contribution in [3.63, 3.8) is 0 Å². The van der Waals surface area contributed by atoms with Crippen LogP contribution in [-0.4, -0.2) is 19.4 Å². The minimum Gasteiger partial charge on any atom is -0.381 e. The van der Waals surface area contributed by atoms with Crippen LogP contribution >= 0.6 is 8.58 Å². The third-order valence-electron chi connectivity index (χ3n) is 3.48. The molecule has 3 unspecified atom stereocenters. The number of ether oxygens (including phenoxy) is 1. The summed E-state index contributed by atoms with van der Waals surface area (Å²) in [5, 5.41) is 1.49. The molecule has 0 amide bonds. The lowest BCUT2D eigenvalue weighted by molar-refractivity contribution is 0.0326. The molecule has 0 aliphatic heterocycles. The Bertz CT molecular complexity index is 299. The molecule has 1 aromatic rings. The quantitative estimate of drug-likeness (QED) is 0.729. The lowest BCUT2D eigenvalue weighted by atomic mass is 9.88. The molecule has 1 nitrogen and oxygen atoms in total. The third kappa shape index (κ3) is 3.30. The summed E-state index contributed by atoms with van der Waals surface area (Å²) in [5.41, 5.74) is 0. The SMILES string of the molecule is COC1CCCCC1CPc1ccccc1. The highest BCUT2D eigenvalue weighted by Crippen LogP contribution is 2.30. The summed E-state index contributed by atoms with van der Waals surface area (Å²) < 4.78 is 5.60. The van der Waals surface area contributed by atoms with Gasteiger partial charge in [-0.15, -0.1) is 0 Å². The van der Waals surface area contributed by atoms with Crippen molar-refractivity contribution in [1.29, 1.82) is 0 Å². The van der Waals surface area contributed by atoms with E-state index in [1.807, 2.05) is 7.11 Å². The van der Waals surface area contributed by atoms with Gasteiger partial charge in [0, 0.05) is 7.11 Å². The first-order valence-corrected chi connectivity index (χ1v) is 7.42. The molecule has 1 saturated carbocycles. The summed E-state index contributed by atoms with van der Waals surface area (Å²) in [5.74, 6) is 0.789. The van der Waals surface area contributed by atoms with Crippen molar-refractivity contribution >= 4 is 13.9 Å². The van der Waals surface area contributed by atoms with E-state index in [2.05, 4.69) is 30.3 Å². The molecule has 1 aliphatic rings. The Morgan fingerprint density at radius 1 is 1.19 bits per heavy atom. The second-order valence-electron chi connectivity index (χ2n) is 4.57. The van der Waals surface area contributed by atoms with Crippen LogP contribution in [0.5, 0.6) is 0 Å². The van der Waals surface area contributed by atoms with Crippen LogP contribution in [0.4, 0.5) is 0 Å². The van der Waals surface area contributed by atoms with Crippen LogP contribution in [0.25, 0.3) is 0 Å². The fraction of sp³-hybridized carbons (Fsp3) is 0.571. The number of hydrogen-bond donors (Lipinski definition) is 0. The highest BCUT2D eigenvalue weighted by molar-refractivity contribution is 7.47. The average Bonchev–Trinajstić information content (AvgIpc) is 2.38. The van der Waals surface area contributed by atoms with Gasteiger partial charge < -0.3 is 4.74 Å². The Labute approximate surface area is 100 Å². The molecule has 2 heteroatoms. The molecule has 0 radical (unpaired) electrons. The molecule has 0 spiro atoms. The van der Waals surface area contributed by atoms with E-state index >= 15 is 0 Å². The summed E-state index contributed by atoms with van der Waals surface area (Å²) >= 11 is 0. The lowest BCUT2D eigenvalue weighted by Crippen LogP contribution is -2.28. The Balaban J connectivity index is 1.84. The zero-order valence-electron chi connectivity index (χ0n) is 9.99. The van der Waals surface area contributed by atoms with Gasteiger partial charge in [0.2, 0.25) is 0 Å². The molecule has 88 valence electrons. The van der Waals surface area contributed by atoms with E-state index in [1.54, 1.807) is 0 Å². The molecule has 16 heavy (non-hydrogen) atoms. The molecule has 0 N–H and O–H groups in total. The normalized spacial score (nSPS) is 26.3. The van der Waals surface area contributed by atoms with Gasteiger partial charge in [-0.25, -0.2) is 0 Å². The monoisotopic (exact) mass is 236 g/mol. The van der Waals surface area contributed by atoms with Gasteiger partial charge >= 0.3 is 0 Å². The topological polar surface area (TPSA) is 9.23 Å². The predicted octanol–water partition coefficient (Wildman–Crippen LogP) is 3.20. The van der Waals surface area contributed by atoms with Crippen LogP contribution in [-0.2, 0) is 4.74 Å². The smallest absolute Gasteiger partial charge is 0.0602 e. The van der Waals surface area contributed by atoms with E-state index in [0.717, 1.165) is 14.5 Å². The average molecular weight is 236 g/mol. The van der Waals surface area contributed by atoms with E-state index in [4.69, 9.17) is 4.74 Å². The molecular formula is C14H21OP. The molecule has 0 heterocycles. The van der Waals surface area contributed by atoms with Gasteiger partial charge in [0.15, 0.2) is 0 Å². The van der Waals surface area contributed by atoms with E-state index in [9.17, 15) is 0 Å². The van der Waals surface area contributed by atoms with Crippen LogP contribution in [0.1, 0.15) is 25.7 Å². The molecule has 0 saturated heterocycles. The summed E-state index contributed by atoms with van der Waals surface area (Å²) in [6.45, 7) is 0. The van der Waals surface area contributed by atoms with Crippen LogP contribution in [0.15, 0.2) is 30.3 Å². The zero-order valence-corrected chi connectivity index (χ0v) is 11.0. The summed E-state index contributed by atoms with van der Waals surface area (Å²) in [7, 11) is 2.81. The first kappa shape index (κ1) is 12.1. The molecule has 1 fully saturated rings. The van der Waals surface area contributed by atoms with Crippen molar-refractivity contribution in [1.82, 2.24) is 0 Å². The van der Waals surface area contributed by atoms with Gasteiger partial charge in [-0.1, -0.05) is 51.8 Å². The Kier molecular flexibility index (Phi) is 4.81. The minimum absolute atomic E-state index is 0.518. The van der Waals surface area contributed by atoms with Gasteiger partial charge in [-0.2, -0.15) is 0 Å². The van der Waals surface area contributed by atoms with E-state index in [1.165, 1.54) is 37.1 Å². The largest absolute Gasteiger partial charge is 0.381 e. The Morgan fingerprint density at radius 2 is 1.94 bits per heavy atom. The number of methoxy groups -OCH3 is 1. The molecule has 0 bridgehead atoms. The van der Waals surface area contributed by atoms with Crippen molar-refractivity contribution in [3.8, 4) is 0 Å². The van der Waals surface area contributed by atoms with E-state index in [0.29, 0.717) is 6.10 Å². The summed E-state index contributed by atoms with van der Waals surface area (Å²) in [4.78, 5) is 0. The van der Waals surface area contributed by atoms with E-state index < -0.39 is 0 Å². The van der Waals surface area contributed by atoms with Crippen LogP contribution < -0.4 is 5.30 Å². The number of hydrogen-bond acceptors (Lipinski definition) is 1. The maximum atomic E-state index is 5.60. The van der Waals surface area contributed by atoms with Gasteiger partial charge in [-0.3, -0.25) is 0 Å². The lowest BCUT2D eigenvalue weighted by Gasteiger charge is -2.30. The van der Waals surface area contributed by atoms with Crippen LogP contribution in [0.2, 0.25) is 0 Å². The second kappa shape index (κ2) is 6.37. The van der Waals surface area contributed by atoms with Crippen LogP contribution in [0.3, 0.4) is 0 Å². The summed E-state index contributed by atoms with van der Waals surface area (Å²) in [6, 6.07) is 10.8. The third-order valence-corrected chi connectivity index (χ3v) is 4.95. The molecule has 2 rings (SSSR count). The molecule has 3 atom stereocenters. The highest BCUT2D eigenvalue weighted by Gasteiger charge is 2.24. The predicted molar refractivity (Wildman–Crippen MR) is 72.0 cm³/mol. The molecular weight excluding hydrogens is 215 g/mol. The van der Waals surface area contributed by atoms with Crippen LogP contribution in [0, 0.1) is 5.92 Å². The van der Waals surface area contributed by atoms with Gasteiger partial charge in [-0.05, 0) is 30.2 Å². The fourth-order valence-corrected chi connectivity index (χ4v) is 3.92. The maximum Gasteiger partial charge on any atom is 0.0602 e. The summed E-state index contributed by atoms with van der Waals surface area (Å²) in [6.07, 6.45) is 7.19. The number of benzene rings is 1. The first-order valence-electron chi connectivity index (χ1n) is 6.22. The van der Waals surface area contributed by atoms with Crippen molar-refractivity contribution in [3.05, 3.63) is 30.3 Å². The van der Waals surface area contributed by atoms with Gasteiger partial charge in [0.05, 0.1) is 6.10 Å². The standard InChI is InChI=1S/C14H21OP/c1-15-14-10-6-5-7-12(14)11-16-13-8-3-2-4-9-13/h2-4,8-9,12,14,16H,5-7,10-11H2,1H3. The first-order chi connectivity index (χ1) is 7.90. The second-order valence-corrected chi connectivity index (χ2v) is 5.90.